The molecule has 0 radical (unpaired) electrons. The van der Waals surface area contributed by atoms with E-state index in [4.69, 9.17) is 0 Å². The van der Waals surface area contributed by atoms with Crippen molar-refractivity contribution in [3.05, 3.63) is 66.2 Å². The van der Waals surface area contributed by atoms with Gasteiger partial charge in [0.15, 0.2) is 6.04 Å². The molecule has 0 heterocycles. The van der Waals surface area contributed by atoms with Crippen LogP contribution in [0.5, 0.6) is 0 Å². The monoisotopic (exact) mass is 322 g/mol. The van der Waals surface area contributed by atoms with Gasteiger partial charge in [-0.2, -0.15) is 4.58 Å². The Balaban J connectivity index is 2.30. The lowest BCUT2D eigenvalue weighted by Crippen LogP contribution is -2.27. The number of aliphatic hydroxyl groups excluding tert-OH is 1. The Morgan fingerprint density at radius 1 is 1.08 bits per heavy atom. The molecule has 2 aromatic carbocycles. The Labute approximate surface area is 145 Å². The summed E-state index contributed by atoms with van der Waals surface area (Å²) in [5.74, 6) is 0.293. The minimum Gasteiger partial charge on any atom is -0.396 e. The lowest BCUT2D eigenvalue weighted by Gasteiger charge is -2.18. The number of benzene rings is 2. The van der Waals surface area contributed by atoms with Gasteiger partial charge in [0.25, 0.3) is 0 Å². The summed E-state index contributed by atoms with van der Waals surface area (Å²) in [7, 11) is 0. The summed E-state index contributed by atoms with van der Waals surface area (Å²) in [5.41, 5.74) is 5.98. The van der Waals surface area contributed by atoms with Gasteiger partial charge in [-0.15, -0.1) is 0 Å². The third-order valence-corrected chi connectivity index (χ3v) is 4.66. The second kappa shape index (κ2) is 8.07. The molecule has 1 N–H and O–H groups in total. The largest absolute Gasteiger partial charge is 0.396 e. The number of hydrogen-bond acceptors (Lipinski definition) is 1. The molecule has 0 aliphatic heterocycles. The summed E-state index contributed by atoms with van der Waals surface area (Å²) in [6, 6.07) is 15.1. The molecule has 2 rings (SSSR count). The van der Waals surface area contributed by atoms with E-state index in [1.54, 1.807) is 0 Å². The molecule has 2 atom stereocenters. The van der Waals surface area contributed by atoms with Gasteiger partial charge in [-0.3, -0.25) is 0 Å². The van der Waals surface area contributed by atoms with Crippen LogP contribution in [0.2, 0.25) is 0 Å². The minimum absolute atomic E-state index is 0.0982. The minimum atomic E-state index is 0.0982. The van der Waals surface area contributed by atoms with E-state index in [9.17, 15) is 5.11 Å². The van der Waals surface area contributed by atoms with Crippen LogP contribution in [0.3, 0.4) is 0 Å². The van der Waals surface area contributed by atoms with Crippen LogP contribution < -0.4 is 0 Å². The molecular weight excluding hydrogens is 294 g/mol. The van der Waals surface area contributed by atoms with Gasteiger partial charge in [0.05, 0.1) is 0 Å². The highest BCUT2D eigenvalue weighted by Gasteiger charge is 2.25. The molecule has 0 aliphatic rings. The van der Waals surface area contributed by atoms with Crippen molar-refractivity contribution in [1.29, 1.82) is 0 Å². The zero-order chi connectivity index (χ0) is 17.7. The SMILES string of the molecule is C=CC(C(C)CCO)[N+](=C)c1ccc(-c2ccc(C)cc2)cc1C. The molecule has 0 spiro atoms. The number of aliphatic hydroxyl groups is 1. The molecule has 2 nitrogen and oxygen atoms in total. The number of nitrogens with zero attached hydrogens (tertiary/aromatic N) is 1. The zero-order valence-electron chi connectivity index (χ0n) is 15.0. The van der Waals surface area contributed by atoms with Crippen molar-refractivity contribution < 1.29 is 9.68 Å². The van der Waals surface area contributed by atoms with Gasteiger partial charge in [0.1, 0.15) is 6.72 Å². The fourth-order valence-electron chi connectivity index (χ4n) is 3.11. The lowest BCUT2D eigenvalue weighted by atomic mass is 9.96. The molecule has 126 valence electrons. The molecule has 0 bridgehead atoms. The van der Waals surface area contributed by atoms with Crippen molar-refractivity contribution in [1.82, 2.24) is 0 Å². The quantitative estimate of drug-likeness (QED) is 0.438. The molecule has 0 saturated heterocycles. The molecule has 0 aromatic heterocycles. The smallest absolute Gasteiger partial charge is 0.208 e. The first-order valence-corrected chi connectivity index (χ1v) is 8.48. The van der Waals surface area contributed by atoms with E-state index in [0.717, 1.165) is 12.1 Å². The molecule has 24 heavy (non-hydrogen) atoms. The summed E-state index contributed by atoms with van der Waals surface area (Å²) in [5, 5.41) is 9.20. The summed E-state index contributed by atoms with van der Waals surface area (Å²) in [6.07, 6.45) is 2.66. The zero-order valence-corrected chi connectivity index (χ0v) is 15.0. The average molecular weight is 322 g/mol. The van der Waals surface area contributed by atoms with Crippen molar-refractivity contribution in [2.75, 3.05) is 6.61 Å². The van der Waals surface area contributed by atoms with Crippen molar-refractivity contribution in [3.8, 4) is 11.1 Å². The fourth-order valence-corrected chi connectivity index (χ4v) is 3.11. The van der Waals surface area contributed by atoms with Crippen LogP contribution >= 0.6 is 0 Å². The van der Waals surface area contributed by atoms with E-state index >= 15 is 0 Å². The Morgan fingerprint density at radius 3 is 2.25 bits per heavy atom. The Hall–Kier alpha value is -2.19. The summed E-state index contributed by atoms with van der Waals surface area (Å²) >= 11 is 0. The van der Waals surface area contributed by atoms with E-state index in [2.05, 4.69) is 76.5 Å². The molecule has 0 aliphatic carbocycles. The highest BCUT2D eigenvalue weighted by atomic mass is 16.3. The summed E-state index contributed by atoms with van der Waals surface area (Å²) in [6.45, 7) is 14.7. The number of rotatable bonds is 7. The fraction of sp³-hybridized carbons (Fsp3) is 0.318. The molecule has 2 heteroatoms. The molecular formula is C22H28NO+. The molecule has 2 unspecified atom stereocenters. The standard InChI is InChI=1S/C22H28NO/c1-6-21(17(3)13-14-24)23(5)22-12-11-20(15-18(22)4)19-9-7-16(2)8-10-19/h6-12,15,17,21,24H,1,5,13-14H2,2-4H3/q+1. The van der Waals surface area contributed by atoms with Crippen molar-refractivity contribution in [3.63, 3.8) is 0 Å². The second-order valence-corrected chi connectivity index (χ2v) is 6.55. The van der Waals surface area contributed by atoms with Crippen LogP contribution in [0.15, 0.2) is 55.1 Å². The van der Waals surface area contributed by atoms with Gasteiger partial charge in [-0.25, -0.2) is 0 Å². The predicted octanol–water partition coefficient (Wildman–Crippen LogP) is 4.89. The maximum absolute atomic E-state index is 9.20. The van der Waals surface area contributed by atoms with Gasteiger partial charge in [-0.05, 0) is 49.6 Å². The molecule has 2 aromatic rings. The molecule has 0 fully saturated rings. The van der Waals surface area contributed by atoms with Crippen molar-refractivity contribution >= 4 is 12.4 Å². The maximum Gasteiger partial charge on any atom is 0.208 e. The van der Waals surface area contributed by atoms with E-state index in [1.807, 2.05) is 10.7 Å². The van der Waals surface area contributed by atoms with Gasteiger partial charge < -0.3 is 5.11 Å². The van der Waals surface area contributed by atoms with Crippen LogP contribution in [-0.2, 0) is 0 Å². The third kappa shape index (κ3) is 4.01. The van der Waals surface area contributed by atoms with E-state index in [1.165, 1.54) is 22.3 Å². The molecule has 0 saturated carbocycles. The number of aryl methyl sites for hydroxylation is 2. The Morgan fingerprint density at radius 2 is 1.71 bits per heavy atom. The third-order valence-electron chi connectivity index (χ3n) is 4.66. The van der Waals surface area contributed by atoms with Crippen molar-refractivity contribution in [2.45, 2.75) is 33.2 Å². The average Bonchev–Trinajstić information content (AvgIpc) is 2.56. The topological polar surface area (TPSA) is 23.2 Å². The maximum atomic E-state index is 9.20. The highest BCUT2D eigenvalue weighted by Crippen LogP contribution is 2.29. The first kappa shape index (κ1) is 18.2. The van der Waals surface area contributed by atoms with E-state index in [0.29, 0.717) is 5.92 Å². The second-order valence-electron chi connectivity index (χ2n) is 6.55. The Bertz CT molecular complexity index is 715. The first-order valence-electron chi connectivity index (χ1n) is 8.48. The number of hydrogen-bond donors (Lipinski definition) is 1. The normalized spacial score (nSPS) is 13.3. The van der Waals surface area contributed by atoms with Gasteiger partial charge in [-0.1, -0.05) is 43.3 Å². The van der Waals surface area contributed by atoms with E-state index in [-0.39, 0.29) is 12.6 Å². The van der Waals surface area contributed by atoms with Crippen LogP contribution in [0.1, 0.15) is 24.5 Å². The summed E-state index contributed by atoms with van der Waals surface area (Å²) < 4.78 is 2.02. The molecule has 0 amide bonds. The lowest BCUT2D eigenvalue weighted by molar-refractivity contribution is -0.473. The van der Waals surface area contributed by atoms with Crippen LogP contribution in [-0.4, -0.2) is 29.0 Å². The predicted molar refractivity (Wildman–Crippen MR) is 103 cm³/mol. The highest BCUT2D eigenvalue weighted by molar-refractivity contribution is 5.67. The van der Waals surface area contributed by atoms with Gasteiger partial charge >= 0.3 is 0 Å². The van der Waals surface area contributed by atoms with Crippen molar-refractivity contribution in [2.24, 2.45) is 5.92 Å². The Kier molecular flexibility index (Phi) is 6.10. The first-order chi connectivity index (χ1) is 11.5. The van der Waals surface area contributed by atoms with Gasteiger partial charge in [0.2, 0.25) is 5.69 Å². The van der Waals surface area contributed by atoms with Crippen LogP contribution in [0, 0.1) is 19.8 Å². The van der Waals surface area contributed by atoms with Crippen LogP contribution in [0.4, 0.5) is 5.69 Å². The van der Waals surface area contributed by atoms with Gasteiger partial charge in [0, 0.05) is 24.2 Å². The summed E-state index contributed by atoms with van der Waals surface area (Å²) in [4.78, 5) is 0. The van der Waals surface area contributed by atoms with E-state index < -0.39 is 0 Å². The van der Waals surface area contributed by atoms with Crippen LogP contribution in [0.25, 0.3) is 11.1 Å².